The van der Waals surface area contributed by atoms with Gasteiger partial charge in [-0.05, 0) is 25.3 Å². The molecule has 0 atom stereocenters. The number of ether oxygens (including phenoxy) is 2. The molecule has 0 saturated heterocycles. The van der Waals surface area contributed by atoms with E-state index in [1.165, 1.54) is 0 Å². The topological polar surface area (TPSA) is 71.4 Å². The Bertz CT molecular complexity index is 461. The first-order valence-electron chi connectivity index (χ1n) is 6.37. The molecular formula is C14H19ClN2O3. The fourth-order valence-electron chi connectivity index (χ4n) is 1.77. The molecule has 1 aliphatic carbocycles. The average molecular weight is 299 g/mol. The van der Waals surface area contributed by atoms with Gasteiger partial charge in [0.25, 0.3) is 0 Å². The van der Waals surface area contributed by atoms with Crippen LogP contribution in [0.1, 0.15) is 25.3 Å². The molecule has 110 valence electrons. The van der Waals surface area contributed by atoms with Gasteiger partial charge in [0.05, 0.1) is 6.61 Å². The lowest BCUT2D eigenvalue weighted by molar-refractivity contribution is 0.135. The number of carbonyl (C=O) groups excluding carboxylic acids is 1. The summed E-state index contributed by atoms with van der Waals surface area (Å²) in [7, 11) is 0. The Morgan fingerprint density at radius 2 is 1.95 bits per heavy atom. The molecule has 0 aromatic heterocycles. The van der Waals surface area contributed by atoms with Gasteiger partial charge in [0.2, 0.25) is 5.90 Å². The van der Waals surface area contributed by atoms with Gasteiger partial charge < -0.3 is 14.8 Å². The van der Waals surface area contributed by atoms with Crippen molar-refractivity contribution in [3.05, 3.63) is 35.9 Å². The highest BCUT2D eigenvalue weighted by Gasteiger charge is 2.50. The summed E-state index contributed by atoms with van der Waals surface area (Å²) in [6.07, 6.45) is 0.948. The third-order valence-electron chi connectivity index (χ3n) is 3.03. The zero-order valence-corrected chi connectivity index (χ0v) is 12.2. The summed E-state index contributed by atoms with van der Waals surface area (Å²) >= 11 is 0. The van der Waals surface area contributed by atoms with Crippen LogP contribution < -0.4 is 5.32 Å². The lowest BCUT2D eigenvalue weighted by Crippen LogP contribution is -2.44. The average Bonchev–Trinajstić information content (AvgIpc) is 3.19. The first kappa shape index (κ1) is 16.3. The van der Waals surface area contributed by atoms with Crippen LogP contribution in [-0.4, -0.2) is 24.1 Å². The predicted octanol–water partition coefficient (Wildman–Crippen LogP) is 2.88. The van der Waals surface area contributed by atoms with Crippen LogP contribution in [0.15, 0.2) is 30.3 Å². The van der Waals surface area contributed by atoms with Gasteiger partial charge in [-0.2, -0.15) is 0 Å². The number of alkyl carbamates (subject to hydrolysis) is 1. The van der Waals surface area contributed by atoms with Crippen molar-refractivity contribution in [1.29, 1.82) is 5.41 Å². The van der Waals surface area contributed by atoms with E-state index < -0.39 is 11.6 Å². The van der Waals surface area contributed by atoms with E-state index in [0.717, 1.165) is 18.4 Å². The van der Waals surface area contributed by atoms with Crippen molar-refractivity contribution in [1.82, 2.24) is 5.32 Å². The van der Waals surface area contributed by atoms with Crippen LogP contribution in [0.3, 0.4) is 0 Å². The summed E-state index contributed by atoms with van der Waals surface area (Å²) in [5.41, 5.74) is 0.298. The van der Waals surface area contributed by atoms with Gasteiger partial charge >= 0.3 is 6.09 Å². The zero-order chi connectivity index (χ0) is 13.7. The number of rotatable bonds is 5. The van der Waals surface area contributed by atoms with Crippen LogP contribution >= 0.6 is 12.4 Å². The Hall–Kier alpha value is -1.75. The minimum atomic E-state index is -0.635. The first-order chi connectivity index (χ1) is 9.16. The van der Waals surface area contributed by atoms with Crippen LogP contribution in [0.5, 0.6) is 0 Å². The molecule has 5 nitrogen and oxygen atoms in total. The maximum atomic E-state index is 11.7. The van der Waals surface area contributed by atoms with Gasteiger partial charge in [-0.1, -0.05) is 30.3 Å². The molecular weight excluding hydrogens is 280 g/mol. The van der Waals surface area contributed by atoms with Crippen LogP contribution in [-0.2, 0) is 16.1 Å². The van der Waals surface area contributed by atoms with Gasteiger partial charge in [0.1, 0.15) is 12.1 Å². The van der Waals surface area contributed by atoms with Crippen molar-refractivity contribution in [3.63, 3.8) is 0 Å². The number of hydrogen-bond donors (Lipinski definition) is 2. The Labute approximate surface area is 124 Å². The molecule has 1 aliphatic rings. The molecule has 1 aromatic rings. The molecule has 1 amide bonds. The van der Waals surface area contributed by atoms with E-state index in [1.54, 1.807) is 0 Å². The molecule has 0 bridgehead atoms. The third kappa shape index (κ3) is 4.13. The van der Waals surface area contributed by atoms with Crippen LogP contribution in [0.4, 0.5) is 4.79 Å². The SMILES string of the molecule is CCOC(=N)C1(NC(=O)OCc2ccccc2)CC1.Cl. The van der Waals surface area contributed by atoms with Gasteiger partial charge in [-0.3, -0.25) is 5.41 Å². The summed E-state index contributed by atoms with van der Waals surface area (Å²) in [5, 5.41) is 10.5. The van der Waals surface area contributed by atoms with E-state index in [0.29, 0.717) is 6.61 Å². The number of halogens is 1. The first-order valence-corrected chi connectivity index (χ1v) is 6.37. The van der Waals surface area contributed by atoms with E-state index in [2.05, 4.69) is 5.32 Å². The molecule has 1 saturated carbocycles. The van der Waals surface area contributed by atoms with Crippen molar-refractivity contribution in [2.45, 2.75) is 31.9 Å². The van der Waals surface area contributed by atoms with Gasteiger partial charge in [-0.25, -0.2) is 4.79 Å². The molecule has 2 rings (SSSR count). The smallest absolute Gasteiger partial charge is 0.408 e. The molecule has 0 heterocycles. The Kier molecular flexibility index (Phi) is 5.82. The number of nitrogens with one attached hydrogen (secondary N) is 2. The lowest BCUT2D eigenvalue weighted by Gasteiger charge is -2.18. The second-order valence-corrected chi connectivity index (χ2v) is 4.53. The number of carbonyl (C=O) groups is 1. The molecule has 0 unspecified atom stereocenters. The molecule has 0 aliphatic heterocycles. The van der Waals surface area contributed by atoms with Gasteiger partial charge in [-0.15, -0.1) is 12.4 Å². The van der Waals surface area contributed by atoms with Crippen molar-refractivity contribution >= 4 is 24.4 Å². The van der Waals surface area contributed by atoms with E-state index >= 15 is 0 Å². The molecule has 0 radical (unpaired) electrons. The second-order valence-electron chi connectivity index (χ2n) is 4.53. The zero-order valence-electron chi connectivity index (χ0n) is 11.3. The Morgan fingerprint density at radius 3 is 2.50 bits per heavy atom. The highest BCUT2D eigenvalue weighted by atomic mass is 35.5. The highest BCUT2D eigenvalue weighted by molar-refractivity contribution is 5.90. The molecule has 2 N–H and O–H groups in total. The summed E-state index contributed by atoms with van der Waals surface area (Å²) in [4.78, 5) is 11.7. The molecule has 6 heteroatoms. The standard InChI is InChI=1S/C14H18N2O3.ClH/c1-2-18-12(15)14(8-9-14)16-13(17)19-10-11-6-4-3-5-7-11;/h3-7,15H,2,8-10H2,1H3,(H,16,17);1H. The minimum absolute atomic E-state index is 0. The second kappa shape index (κ2) is 7.14. The Balaban J connectivity index is 0.00000200. The van der Waals surface area contributed by atoms with E-state index in [-0.39, 0.29) is 24.9 Å². The summed E-state index contributed by atoms with van der Waals surface area (Å²) in [5.74, 6) is 0.117. The number of hydrogen-bond acceptors (Lipinski definition) is 4. The predicted molar refractivity (Wildman–Crippen MR) is 78.3 cm³/mol. The van der Waals surface area contributed by atoms with E-state index in [4.69, 9.17) is 14.9 Å². The lowest BCUT2D eigenvalue weighted by atomic mass is 10.2. The summed E-state index contributed by atoms with van der Waals surface area (Å²) < 4.78 is 10.3. The summed E-state index contributed by atoms with van der Waals surface area (Å²) in [6, 6.07) is 9.48. The third-order valence-corrected chi connectivity index (χ3v) is 3.03. The number of benzene rings is 1. The molecule has 1 fully saturated rings. The monoisotopic (exact) mass is 298 g/mol. The van der Waals surface area contributed by atoms with E-state index in [1.807, 2.05) is 37.3 Å². The normalized spacial score (nSPS) is 14.7. The van der Waals surface area contributed by atoms with Crippen molar-refractivity contribution in [2.24, 2.45) is 0 Å². The van der Waals surface area contributed by atoms with Crippen molar-refractivity contribution in [3.8, 4) is 0 Å². The van der Waals surface area contributed by atoms with E-state index in [9.17, 15) is 4.79 Å². The minimum Gasteiger partial charge on any atom is -0.480 e. The van der Waals surface area contributed by atoms with Gasteiger partial charge in [0, 0.05) is 0 Å². The largest absolute Gasteiger partial charge is 0.480 e. The molecule has 20 heavy (non-hydrogen) atoms. The fourth-order valence-corrected chi connectivity index (χ4v) is 1.77. The molecule has 0 spiro atoms. The van der Waals surface area contributed by atoms with Crippen molar-refractivity contribution in [2.75, 3.05) is 6.61 Å². The maximum absolute atomic E-state index is 11.7. The van der Waals surface area contributed by atoms with Crippen LogP contribution in [0.25, 0.3) is 0 Å². The van der Waals surface area contributed by atoms with Crippen molar-refractivity contribution < 1.29 is 14.3 Å². The fraction of sp³-hybridized carbons (Fsp3) is 0.429. The Morgan fingerprint density at radius 1 is 1.30 bits per heavy atom. The number of amides is 1. The molecule has 1 aromatic carbocycles. The van der Waals surface area contributed by atoms with Gasteiger partial charge in [0.15, 0.2) is 0 Å². The summed E-state index contributed by atoms with van der Waals surface area (Å²) in [6.45, 7) is 2.48. The van der Waals surface area contributed by atoms with Crippen LogP contribution in [0, 0.1) is 5.41 Å². The maximum Gasteiger partial charge on any atom is 0.408 e. The quantitative estimate of drug-likeness (QED) is 0.648. The highest BCUT2D eigenvalue weighted by Crippen LogP contribution is 2.36. The van der Waals surface area contributed by atoms with Crippen LogP contribution in [0.2, 0.25) is 0 Å².